The van der Waals surface area contributed by atoms with E-state index in [0.29, 0.717) is 28.5 Å². The number of fused-ring (bicyclic) bond motifs is 2. The number of nitrogens with one attached hydrogen (secondary N) is 1. The molecule has 2 aromatic heterocycles. The van der Waals surface area contributed by atoms with E-state index in [4.69, 9.17) is 9.15 Å². The second-order valence-corrected chi connectivity index (χ2v) is 8.73. The van der Waals surface area contributed by atoms with Crippen molar-refractivity contribution in [3.05, 3.63) is 39.7 Å². The van der Waals surface area contributed by atoms with E-state index in [-0.39, 0.29) is 17.9 Å². The second-order valence-electron chi connectivity index (χ2n) is 7.56. The average Bonchev–Trinajstić information content (AvgIpc) is 3.31. The fourth-order valence-electron chi connectivity index (χ4n) is 4.43. The summed E-state index contributed by atoms with van der Waals surface area (Å²) in [6.45, 7) is 2.58. The van der Waals surface area contributed by atoms with Crippen LogP contribution in [0.3, 0.4) is 0 Å². The van der Waals surface area contributed by atoms with E-state index in [1.807, 2.05) is 12.1 Å². The average molecular weight is 404 g/mol. The summed E-state index contributed by atoms with van der Waals surface area (Å²) in [5, 5.41) is 3.14. The number of ether oxygens (including phenoxy) is 1. The molecule has 2 aliphatic heterocycles. The SMILES string of the molecule is COC(=O)c1ccc(CN2[C@@H]3CCC[C@H]2CC(NC(=O)c2coc(C)n2)C3)s1. The molecule has 3 atom stereocenters. The van der Waals surface area contributed by atoms with Crippen LogP contribution in [-0.4, -0.2) is 47.0 Å². The Morgan fingerprint density at radius 3 is 2.71 bits per heavy atom. The first-order valence-electron chi connectivity index (χ1n) is 9.69. The Kier molecular flexibility index (Phi) is 5.50. The number of rotatable bonds is 5. The zero-order chi connectivity index (χ0) is 19.7. The summed E-state index contributed by atoms with van der Waals surface area (Å²) in [4.78, 5) is 32.6. The lowest BCUT2D eigenvalue weighted by molar-refractivity contribution is 0.0184. The van der Waals surface area contributed by atoms with Gasteiger partial charge in [0.25, 0.3) is 5.91 Å². The van der Waals surface area contributed by atoms with Crippen molar-refractivity contribution < 1.29 is 18.7 Å². The summed E-state index contributed by atoms with van der Waals surface area (Å²) < 4.78 is 9.96. The van der Waals surface area contributed by atoms with Crippen LogP contribution in [0.4, 0.5) is 0 Å². The maximum Gasteiger partial charge on any atom is 0.348 e. The van der Waals surface area contributed by atoms with Gasteiger partial charge in [-0.1, -0.05) is 6.42 Å². The summed E-state index contributed by atoms with van der Waals surface area (Å²) in [7, 11) is 1.41. The first-order valence-corrected chi connectivity index (χ1v) is 10.5. The molecule has 4 heterocycles. The number of amides is 1. The lowest BCUT2D eigenvalue weighted by atomic mass is 9.81. The first kappa shape index (κ1) is 19.1. The molecule has 1 unspecified atom stereocenters. The Labute approximate surface area is 168 Å². The van der Waals surface area contributed by atoms with Crippen LogP contribution < -0.4 is 5.32 Å². The Bertz CT molecular complexity index is 847. The first-order chi connectivity index (χ1) is 13.5. The molecule has 4 rings (SSSR count). The monoisotopic (exact) mass is 403 g/mol. The summed E-state index contributed by atoms with van der Waals surface area (Å²) in [5.74, 6) is 0.0643. The minimum absolute atomic E-state index is 0.157. The Hall–Kier alpha value is -2.19. The van der Waals surface area contributed by atoms with Gasteiger partial charge in [0.05, 0.1) is 7.11 Å². The smallest absolute Gasteiger partial charge is 0.348 e. The lowest BCUT2D eigenvalue weighted by Gasteiger charge is -2.48. The van der Waals surface area contributed by atoms with E-state index in [2.05, 4.69) is 15.2 Å². The molecule has 1 amide bonds. The van der Waals surface area contributed by atoms with Crippen molar-refractivity contribution in [1.29, 1.82) is 0 Å². The number of hydrogen-bond donors (Lipinski definition) is 1. The van der Waals surface area contributed by atoms with E-state index in [0.717, 1.165) is 32.2 Å². The molecule has 0 aromatic carbocycles. The van der Waals surface area contributed by atoms with Crippen LogP contribution in [0.1, 0.15) is 63.0 Å². The molecule has 0 spiro atoms. The number of carbonyl (C=O) groups is 2. The molecule has 2 bridgehead atoms. The molecule has 0 radical (unpaired) electrons. The van der Waals surface area contributed by atoms with E-state index < -0.39 is 0 Å². The van der Waals surface area contributed by atoms with Crippen LogP contribution in [0.15, 0.2) is 22.8 Å². The molecule has 2 saturated heterocycles. The van der Waals surface area contributed by atoms with Gasteiger partial charge in [-0.3, -0.25) is 9.69 Å². The van der Waals surface area contributed by atoms with Crippen molar-refractivity contribution in [2.24, 2.45) is 0 Å². The van der Waals surface area contributed by atoms with Gasteiger partial charge >= 0.3 is 5.97 Å². The summed E-state index contributed by atoms with van der Waals surface area (Å²) in [6.07, 6.45) is 6.80. The number of hydrogen-bond acceptors (Lipinski definition) is 7. The third-order valence-corrected chi connectivity index (χ3v) is 6.75. The summed E-state index contributed by atoms with van der Waals surface area (Å²) >= 11 is 1.50. The van der Waals surface area contributed by atoms with Crippen molar-refractivity contribution in [2.45, 2.75) is 63.7 Å². The molecule has 0 saturated carbocycles. The number of aryl methyl sites for hydroxylation is 1. The van der Waals surface area contributed by atoms with E-state index in [9.17, 15) is 9.59 Å². The van der Waals surface area contributed by atoms with Gasteiger partial charge in [-0.25, -0.2) is 9.78 Å². The number of carbonyl (C=O) groups excluding carboxylic acids is 2. The normalized spacial score (nSPS) is 24.7. The van der Waals surface area contributed by atoms with Gasteiger partial charge in [0.15, 0.2) is 11.6 Å². The van der Waals surface area contributed by atoms with Crippen LogP contribution in [0.2, 0.25) is 0 Å². The number of nitrogens with zero attached hydrogens (tertiary/aromatic N) is 2. The highest BCUT2D eigenvalue weighted by Crippen LogP contribution is 2.36. The van der Waals surface area contributed by atoms with E-state index in [1.165, 1.54) is 36.0 Å². The zero-order valence-corrected chi connectivity index (χ0v) is 17.0. The quantitative estimate of drug-likeness (QED) is 0.772. The van der Waals surface area contributed by atoms with Gasteiger partial charge in [0, 0.05) is 36.5 Å². The number of oxazole rings is 1. The van der Waals surface area contributed by atoms with Gasteiger partial charge < -0.3 is 14.5 Å². The standard InChI is InChI=1S/C20H25N3O4S/c1-12-21-17(11-27-12)19(24)22-13-8-14-4-3-5-15(9-13)23(14)10-16-6-7-18(28-16)20(25)26-2/h6-7,11,13-15H,3-5,8-10H2,1-2H3,(H,22,24)/t13?,14-,15+. The fourth-order valence-corrected chi connectivity index (χ4v) is 5.37. The van der Waals surface area contributed by atoms with Gasteiger partial charge in [0.1, 0.15) is 11.1 Å². The number of aromatic nitrogens is 1. The fraction of sp³-hybridized carbons (Fsp3) is 0.550. The van der Waals surface area contributed by atoms with Crippen molar-refractivity contribution in [1.82, 2.24) is 15.2 Å². The van der Waals surface area contributed by atoms with E-state index in [1.54, 1.807) is 6.92 Å². The van der Waals surface area contributed by atoms with Crippen LogP contribution >= 0.6 is 11.3 Å². The van der Waals surface area contributed by atoms with Crippen molar-refractivity contribution in [3.8, 4) is 0 Å². The number of esters is 1. The molecular formula is C20H25N3O4S. The van der Waals surface area contributed by atoms with Crippen LogP contribution in [0.25, 0.3) is 0 Å². The summed E-state index contributed by atoms with van der Waals surface area (Å²) in [5.41, 5.74) is 0.346. The zero-order valence-electron chi connectivity index (χ0n) is 16.1. The van der Waals surface area contributed by atoms with E-state index >= 15 is 0 Å². The maximum atomic E-state index is 12.4. The third-order valence-electron chi connectivity index (χ3n) is 5.70. The highest BCUT2D eigenvalue weighted by Gasteiger charge is 2.39. The predicted molar refractivity (Wildman–Crippen MR) is 104 cm³/mol. The van der Waals surface area contributed by atoms with Crippen LogP contribution in [-0.2, 0) is 11.3 Å². The highest BCUT2D eigenvalue weighted by atomic mass is 32.1. The molecule has 8 heteroatoms. The van der Waals surface area contributed by atoms with Crippen LogP contribution in [0, 0.1) is 6.92 Å². The molecule has 150 valence electrons. The van der Waals surface area contributed by atoms with Crippen molar-refractivity contribution >= 4 is 23.2 Å². The molecular weight excluding hydrogens is 378 g/mol. The predicted octanol–water partition coefficient (Wildman–Crippen LogP) is 3.15. The Morgan fingerprint density at radius 2 is 2.07 bits per heavy atom. The molecule has 7 nitrogen and oxygen atoms in total. The molecule has 2 aliphatic rings. The maximum absolute atomic E-state index is 12.4. The number of thiophene rings is 1. The molecule has 28 heavy (non-hydrogen) atoms. The largest absolute Gasteiger partial charge is 0.465 e. The van der Waals surface area contributed by atoms with Gasteiger partial charge in [-0.15, -0.1) is 11.3 Å². The highest BCUT2D eigenvalue weighted by molar-refractivity contribution is 7.13. The van der Waals surface area contributed by atoms with Gasteiger partial charge in [-0.05, 0) is 37.8 Å². The van der Waals surface area contributed by atoms with Gasteiger partial charge in [-0.2, -0.15) is 0 Å². The topological polar surface area (TPSA) is 84.7 Å². The molecule has 0 aliphatic carbocycles. The Morgan fingerprint density at radius 1 is 1.32 bits per heavy atom. The van der Waals surface area contributed by atoms with Gasteiger partial charge in [0.2, 0.25) is 0 Å². The minimum atomic E-state index is -0.277. The second kappa shape index (κ2) is 8.05. The lowest BCUT2D eigenvalue weighted by Crippen LogP contribution is -2.56. The van der Waals surface area contributed by atoms with Crippen molar-refractivity contribution in [2.75, 3.05) is 7.11 Å². The third kappa shape index (κ3) is 3.98. The molecule has 1 N–H and O–H groups in total. The molecule has 2 aromatic rings. The van der Waals surface area contributed by atoms with Crippen molar-refractivity contribution in [3.63, 3.8) is 0 Å². The summed E-state index contributed by atoms with van der Waals surface area (Å²) in [6, 6.07) is 4.91. The number of piperidine rings is 2. The Balaban J connectivity index is 1.40. The number of methoxy groups -OCH3 is 1. The van der Waals surface area contributed by atoms with Crippen LogP contribution in [0.5, 0.6) is 0 Å². The molecule has 2 fully saturated rings. The minimum Gasteiger partial charge on any atom is -0.465 e.